The molecule has 0 aromatic carbocycles. The monoisotopic (exact) mass is 191 g/mol. The summed E-state index contributed by atoms with van der Waals surface area (Å²) in [5.41, 5.74) is -0.798. The summed E-state index contributed by atoms with van der Waals surface area (Å²) in [5.74, 6) is 0. The third-order valence-corrected chi connectivity index (χ3v) is 1.53. The second kappa shape index (κ2) is 3.24. The van der Waals surface area contributed by atoms with Gasteiger partial charge in [-0.2, -0.15) is 13.2 Å². The van der Waals surface area contributed by atoms with Gasteiger partial charge in [-0.25, -0.2) is 0 Å². The Morgan fingerprint density at radius 1 is 1.46 bits per heavy atom. The molecule has 0 saturated carbocycles. The molecule has 2 nitrogen and oxygen atoms in total. The third kappa shape index (κ3) is 2.93. The van der Waals surface area contributed by atoms with Crippen molar-refractivity contribution in [3.05, 3.63) is 34.2 Å². The van der Waals surface area contributed by atoms with Gasteiger partial charge in [-0.3, -0.25) is 4.79 Å². The molecular weight excluding hydrogens is 183 g/mol. The van der Waals surface area contributed by atoms with E-state index in [4.69, 9.17) is 0 Å². The van der Waals surface area contributed by atoms with Crippen molar-refractivity contribution in [2.75, 3.05) is 0 Å². The highest BCUT2D eigenvalue weighted by molar-refractivity contribution is 5.11. The van der Waals surface area contributed by atoms with E-state index in [9.17, 15) is 18.0 Å². The van der Waals surface area contributed by atoms with Crippen molar-refractivity contribution in [2.24, 2.45) is 7.05 Å². The van der Waals surface area contributed by atoms with Gasteiger partial charge in [-0.05, 0) is 0 Å². The predicted molar refractivity (Wildman–Crippen MR) is 41.4 cm³/mol. The van der Waals surface area contributed by atoms with Crippen LogP contribution in [0.1, 0.15) is 5.56 Å². The van der Waals surface area contributed by atoms with E-state index >= 15 is 0 Å². The van der Waals surface area contributed by atoms with Crippen molar-refractivity contribution in [3.8, 4) is 0 Å². The number of rotatable bonds is 1. The number of halogens is 3. The number of nitrogens with zero attached hydrogens (tertiary/aromatic N) is 1. The molecule has 1 rings (SSSR count). The van der Waals surface area contributed by atoms with Gasteiger partial charge in [0.2, 0.25) is 0 Å². The van der Waals surface area contributed by atoms with Crippen LogP contribution in [-0.2, 0) is 13.5 Å². The number of aromatic nitrogens is 1. The van der Waals surface area contributed by atoms with Gasteiger partial charge in [-0.15, -0.1) is 0 Å². The fraction of sp³-hybridized carbons (Fsp3) is 0.375. The van der Waals surface area contributed by atoms with E-state index < -0.39 is 18.0 Å². The van der Waals surface area contributed by atoms with Crippen LogP contribution in [0.4, 0.5) is 13.2 Å². The number of alkyl halides is 3. The van der Waals surface area contributed by atoms with Crippen LogP contribution in [0.5, 0.6) is 0 Å². The highest BCUT2D eigenvalue weighted by atomic mass is 19.4. The highest BCUT2D eigenvalue weighted by Gasteiger charge is 2.28. The van der Waals surface area contributed by atoms with E-state index in [2.05, 4.69) is 0 Å². The summed E-state index contributed by atoms with van der Waals surface area (Å²) in [5, 5.41) is 0. The maximum absolute atomic E-state index is 11.9. The number of aryl methyl sites for hydroxylation is 1. The SMILES string of the molecule is Cn1ccc(=O)c(CC(F)(F)F)c1. The van der Waals surface area contributed by atoms with Crippen molar-refractivity contribution < 1.29 is 13.2 Å². The topological polar surface area (TPSA) is 22.0 Å². The van der Waals surface area contributed by atoms with Crippen LogP contribution in [0.3, 0.4) is 0 Å². The molecule has 0 atom stereocenters. The lowest BCUT2D eigenvalue weighted by Crippen LogP contribution is -2.19. The Morgan fingerprint density at radius 2 is 2.08 bits per heavy atom. The summed E-state index contributed by atoms with van der Waals surface area (Å²) < 4.78 is 37.1. The molecule has 0 aliphatic heterocycles. The summed E-state index contributed by atoms with van der Waals surface area (Å²) >= 11 is 0. The Bertz CT molecular complexity index is 353. The van der Waals surface area contributed by atoms with Crippen LogP contribution in [0.15, 0.2) is 23.3 Å². The first-order valence-corrected chi connectivity index (χ1v) is 3.60. The fourth-order valence-corrected chi connectivity index (χ4v) is 0.993. The average molecular weight is 191 g/mol. The Labute approximate surface area is 72.6 Å². The second-order valence-electron chi connectivity index (χ2n) is 2.79. The van der Waals surface area contributed by atoms with E-state index in [-0.39, 0.29) is 5.56 Å². The van der Waals surface area contributed by atoms with E-state index in [1.807, 2.05) is 0 Å². The highest BCUT2D eigenvalue weighted by Crippen LogP contribution is 2.18. The summed E-state index contributed by atoms with van der Waals surface area (Å²) in [6.45, 7) is 0. The fourth-order valence-electron chi connectivity index (χ4n) is 0.993. The quantitative estimate of drug-likeness (QED) is 0.659. The van der Waals surface area contributed by atoms with E-state index in [0.717, 1.165) is 6.07 Å². The zero-order chi connectivity index (χ0) is 10.1. The molecule has 1 heterocycles. The molecule has 0 unspecified atom stereocenters. The van der Waals surface area contributed by atoms with Gasteiger partial charge in [0.05, 0.1) is 6.42 Å². The van der Waals surface area contributed by atoms with Gasteiger partial charge in [0, 0.05) is 31.1 Å². The largest absolute Gasteiger partial charge is 0.393 e. The molecule has 13 heavy (non-hydrogen) atoms. The minimum absolute atomic E-state index is 0.225. The molecule has 0 saturated heterocycles. The Morgan fingerprint density at radius 3 is 2.62 bits per heavy atom. The first kappa shape index (κ1) is 9.83. The summed E-state index contributed by atoms with van der Waals surface area (Å²) in [4.78, 5) is 10.9. The normalized spacial score (nSPS) is 11.7. The first-order chi connectivity index (χ1) is 5.88. The molecule has 0 bridgehead atoms. The van der Waals surface area contributed by atoms with Gasteiger partial charge < -0.3 is 4.57 Å². The molecule has 72 valence electrons. The second-order valence-corrected chi connectivity index (χ2v) is 2.79. The lowest BCUT2D eigenvalue weighted by molar-refractivity contribution is -0.127. The number of hydrogen-bond acceptors (Lipinski definition) is 1. The van der Waals surface area contributed by atoms with E-state index in [1.54, 1.807) is 7.05 Å². The van der Waals surface area contributed by atoms with Gasteiger partial charge in [-0.1, -0.05) is 0 Å². The number of hydrogen-bond donors (Lipinski definition) is 0. The Hall–Kier alpha value is -1.26. The zero-order valence-electron chi connectivity index (χ0n) is 6.93. The van der Waals surface area contributed by atoms with E-state index in [0.29, 0.717) is 0 Å². The average Bonchev–Trinajstić information content (AvgIpc) is 1.94. The maximum atomic E-state index is 11.9. The van der Waals surface area contributed by atoms with Crippen molar-refractivity contribution in [2.45, 2.75) is 12.6 Å². The maximum Gasteiger partial charge on any atom is 0.393 e. The lowest BCUT2D eigenvalue weighted by Gasteiger charge is -2.06. The summed E-state index contributed by atoms with van der Waals surface area (Å²) in [6, 6.07) is 1.13. The zero-order valence-corrected chi connectivity index (χ0v) is 6.93. The molecule has 0 aliphatic carbocycles. The smallest absolute Gasteiger partial charge is 0.357 e. The van der Waals surface area contributed by atoms with Crippen molar-refractivity contribution in [1.82, 2.24) is 4.57 Å². The standard InChI is InChI=1S/C8H8F3NO/c1-12-3-2-7(13)6(5-12)4-8(9,10)11/h2-3,5H,4H2,1H3. The van der Waals surface area contributed by atoms with Crippen LogP contribution < -0.4 is 5.43 Å². The van der Waals surface area contributed by atoms with Crippen LogP contribution in [0.2, 0.25) is 0 Å². The first-order valence-electron chi connectivity index (χ1n) is 3.60. The predicted octanol–water partition coefficient (Wildman–Crippen LogP) is 1.49. The molecule has 0 spiro atoms. The minimum Gasteiger partial charge on any atom is -0.357 e. The summed E-state index contributed by atoms with van der Waals surface area (Å²) in [6.07, 6.45) is -2.88. The van der Waals surface area contributed by atoms with Gasteiger partial charge in [0.25, 0.3) is 0 Å². The van der Waals surface area contributed by atoms with Gasteiger partial charge in [0.1, 0.15) is 0 Å². The third-order valence-electron chi connectivity index (χ3n) is 1.53. The molecular formula is C8H8F3NO. The minimum atomic E-state index is -4.33. The molecule has 0 N–H and O–H groups in total. The van der Waals surface area contributed by atoms with Crippen molar-refractivity contribution in [3.63, 3.8) is 0 Å². The molecule has 0 amide bonds. The molecule has 1 aromatic rings. The Kier molecular flexibility index (Phi) is 2.45. The van der Waals surface area contributed by atoms with Crippen molar-refractivity contribution in [1.29, 1.82) is 0 Å². The molecule has 1 aromatic heterocycles. The van der Waals surface area contributed by atoms with Crippen LogP contribution >= 0.6 is 0 Å². The number of pyridine rings is 1. The Balaban J connectivity index is 3.01. The summed E-state index contributed by atoms with van der Waals surface area (Å²) in [7, 11) is 1.57. The van der Waals surface area contributed by atoms with Gasteiger partial charge >= 0.3 is 6.18 Å². The molecule has 0 radical (unpaired) electrons. The van der Waals surface area contributed by atoms with E-state index in [1.165, 1.54) is 17.0 Å². The van der Waals surface area contributed by atoms with Crippen molar-refractivity contribution >= 4 is 0 Å². The van der Waals surface area contributed by atoms with Crippen LogP contribution in [0.25, 0.3) is 0 Å². The molecule has 5 heteroatoms. The van der Waals surface area contributed by atoms with Gasteiger partial charge in [0.15, 0.2) is 5.43 Å². The lowest BCUT2D eigenvalue weighted by atomic mass is 10.2. The molecule has 0 aliphatic rings. The van der Waals surface area contributed by atoms with Crippen LogP contribution in [-0.4, -0.2) is 10.7 Å². The molecule has 0 fully saturated rings. The van der Waals surface area contributed by atoms with Crippen LogP contribution in [0, 0.1) is 0 Å².